The molecule has 0 aromatic heterocycles. The summed E-state index contributed by atoms with van der Waals surface area (Å²) < 4.78 is 31.6. The van der Waals surface area contributed by atoms with Gasteiger partial charge in [-0.3, -0.25) is 0 Å². The second kappa shape index (κ2) is 5.65. The summed E-state index contributed by atoms with van der Waals surface area (Å²) in [6, 6.07) is 0. The van der Waals surface area contributed by atoms with Crippen LogP contribution in [0.2, 0.25) is 0 Å². The monoisotopic (exact) mass is 262 g/mol. The highest BCUT2D eigenvalue weighted by atomic mass is 32.2. The molecule has 0 bridgehead atoms. The minimum atomic E-state index is -3.14. The Morgan fingerprint density at radius 1 is 1.29 bits per heavy atom. The number of ether oxygens (including phenoxy) is 1. The SMILES string of the molecule is CN(CC1CCCO1)S(=O)(=O)C1CCNCC1. The molecule has 0 aromatic carbocycles. The van der Waals surface area contributed by atoms with E-state index in [1.165, 1.54) is 4.31 Å². The van der Waals surface area contributed by atoms with Gasteiger partial charge in [-0.2, -0.15) is 0 Å². The molecule has 0 aliphatic carbocycles. The van der Waals surface area contributed by atoms with E-state index in [-0.39, 0.29) is 11.4 Å². The lowest BCUT2D eigenvalue weighted by Gasteiger charge is -2.28. The first-order chi connectivity index (χ1) is 8.10. The van der Waals surface area contributed by atoms with Gasteiger partial charge in [0, 0.05) is 20.2 Å². The summed E-state index contributed by atoms with van der Waals surface area (Å²) in [4.78, 5) is 0. The van der Waals surface area contributed by atoms with Crippen LogP contribution in [0.15, 0.2) is 0 Å². The third-order valence-electron chi connectivity index (χ3n) is 3.63. The molecule has 0 spiro atoms. The molecule has 0 saturated carbocycles. The molecule has 1 unspecified atom stereocenters. The fourth-order valence-corrected chi connectivity index (χ4v) is 4.24. The summed E-state index contributed by atoms with van der Waals surface area (Å²) >= 11 is 0. The average Bonchev–Trinajstić information content (AvgIpc) is 2.83. The number of sulfonamides is 1. The molecule has 2 saturated heterocycles. The number of nitrogens with one attached hydrogen (secondary N) is 1. The summed E-state index contributed by atoms with van der Waals surface area (Å²) in [5.74, 6) is 0. The largest absolute Gasteiger partial charge is 0.377 e. The Bertz CT molecular complexity index is 333. The first-order valence-electron chi connectivity index (χ1n) is 6.38. The normalized spacial score (nSPS) is 27.8. The molecule has 0 aromatic rings. The number of nitrogens with zero attached hydrogens (tertiary/aromatic N) is 1. The van der Waals surface area contributed by atoms with Gasteiger partial charge in [0.05, 0.1) is 11.4 Å². The number of rotatable bonds is 4. The molecule has 2 fully saturated rings. The molecule has 0 amide bonds. The fourth-order valence-electron chi connectivity index (χ4n) is 2.53. The van der Waals surface area contributed by atoms with Crippen LogP contribution in [0.5, 0.6) is 0 Å². The van der Waals surface area contributed by atoms with Gasteiger partial charge in [-0.15, -0.1) is 0 Å². The first-order valence-corrected chi connectivity index (χ1v) is 7.88. The van der Waals surface area contributed by atoms with E-state index in [9.17, 15) is 8.42 Å². The van der Waals surface area contributed by atoms with Crippen molar-refractivity contribution in [1.82, 2.24) is 9.62 Å². The molecule has 2 heterocycles. The molecule has 100 valence electrons. The number of hydrogen-bond donors (Lipinski definition) is 1. The van der Waals surface area contributed by atoms with E-state index in [4.69, 9.17) is 4.74 Å². The molecule has 6 heteroatoms. The van der Waals surface area contributed by atoms with Crippen molar-refractivity contribution in [2.45, 2.75) is 37.0 Å². The average molecular weight is 262 g/mol. The van der Waals surface area contributed by atoms with Gasteiger partial charge in [-0.1, -0.05) is 0 Å². The van der Waals surface area contributed by atoms with Crippen molar-refractivity contribution in [3.8, 4) is 0 Å². The topological polar surface area (TPSA) is 58.6 Å². The molecule has 5 nitrogen and oxygen atoms in total. The third kappa shape index (κ3) is 3.19. The second-order valence-electron chi connectivity index (χ2n) is 4.91. The first kappa shape index (κ1) is 13.3. The lowest BCUT2D eigenvalue weighted by atomic mass is 10.2. The maximum Gasteiger partial charge on any atom is 0.216 e. The summed E-state index contributed by atoms with van der Waals surface area (Å²) in [6.07, 6.45) is 3.56. The molecule has 2 rings (SSSR count). The van der Waals surface area contributed by atoms with Crippen molar-refractivity contribution in [3.05, 3.63) is 0 Å². The van der Waals surface area contributed by atoms with Crippen LogP contribution < -0.4 is 5.32 Å². The van der Waals surface area contributed by atoms with E-state index in [1.54, 1.807) is 7.05 Å². The van der Waals surface area contributed by atoms with Gasteiger partial charge in [0.25, 0.3) is 0 Å². The van der Waals surface area contributed by atoms with E-state index in [1.807, 2.05) is 0 Å². The van der Waals surface area contributed by atoms with Crippen LogP contribution in [0.3, 0.4) is 0 Å². The van der Waals surface area contributed by atoms with Gasteiger partial charge in [0.1, 0.15) is 0 Å². The Hall–Kier alpha value is -0.170. The quantitative estimate of drug-likeness (QED) is 0.785. The van der Waals surface area contributed by atoms with Gasteiger partial charge < -0.3 is 10.1 Å². The van der Waals surface area contributed by atoms with Crippen molar-refractivity contribution < 1.29 is 13.2 Å². The zero-order chi connectivity index (χ0) is 12.3. The fraction of sp³-hybridized carbons (Fsp3) is 1.00. The molecule has 2 aliphatic heterocycles. The molecule has 17 heavy (non-hydrogen) atoms. The van der Waals surface area contributed by atoms with Gasteiger partial charge in [-0.25, -0.2) is 12.7 Å². The Morgan fingerprint density at radius 3 is 2.59 bits per heavy atom. The highest BCUT2D eigenvalue weighted by Crippen LogP contribution is 2.19. The Kier molecular flexibility index (Phi) is 4.41. The van der Waals surface area contributed by atoms with Crippen molar-refractivity contribution in [2.24, 2.45) is 0 Å². The standard InChI is InChI=1S/C11H22N2O3S/c1-13(9-10-3-2-8-16-10)17(14,15)11-4-6-12-7-5-11/h10-12H,2-9H2,1H3. The van der Waals surface area contributed by atoms with Gasteiger partial charge in [-0.05, 0) is 38.8 Å². The zero-order valence-electron chi connectivity index (χ0n) is 10.4. The van der Waals surface area contributed by atoms with Gasteiger partial charge in [0.2, 0.25) is 10.0 Å². The summed E-state index contributed by atoms with van der Waals surface area (Å²) in [5, 5.41) is 2.98. The van der Waals surface area contributed by atoms with Crippen LogP contribution in [-0.2, 0) is 14.8 Å². The maximum absolute atomic E-state index is 12.3. The second-order valence-corrected chi connectivity index (χ2v) is 7.23. The molecule has 1 atom stereocenters. The van der Waals surface area contributed by atoms with Crippen LogP contribution in [0.1, 0.15) is 25.7 Å². The lowest BCUT2D eigenvalue weighted by Crippen LogP contribution is -2.44. The smallest absolute Gasteiger partial charge is 0.216 e. The predicted octanol–water partition coefficient (Wildman–Crippen LogP) is 0.179. The molecule has 1 N–H and O–H groups in total. The Morgan fingerprint density at radius 2 is 2.00 bits per heavy atom. The Balaban J connectivity index is 1.93. The van der Waals surface area contributed by atoms with Gasteiger partial charge in [0.15, 0.2) is 0 Å². The molecule has 0 radical (unpaired) electrons. The molecular formula is C11H22N2O3S. The van der Waals surface area contributed by atoms with E-state index in [0.29, 0.717) is 6.54 Å². The molecular weight excluding hydrogens is 240 g/mol. The van der Waals surface area contributed by atoms with Crippen molar-refractivity contribution >= 4 is 10.0 Å². The zero-order valence-corrected chi connectivity index (χ0v) is 11.2. The van der Waals surface area contributed by atoms with Crippen molar-refractivity contribution in [2.75, 3.05) is 33.3 Å². The van der Waals surface area contributed by atoms with E-state index in [0.717, 1.165) is 45.4 Å². The van der Waals surface area contributed by atoms with Crippen LogP contribution in [0, 0.1) is 0 Å². The minimum Gasteiger partial charge on any atom is -0.377 e. The van der Waals surface area contributed by atoms with Crippen molar-refractivity contribution in [3.63, 3.8) is 0 Å². The van der Waals surface area contributed by atoms with Crippen LogP contribution in [0.4, 0.5) is 0 Å². The predicted molar refractivity (Wildman–Crippen MR) is 66.4 cm³/mol. The third-order valence-corrected chi connectivity index (χ3v) is 5.96. The highest BCUT2D eigenvalue weighted by molar-refractivity contribution is 7.89. The highest BCUT2D eigenvalue weighted by Gasteiger charge is 2.32. The lowest BCUT2D eigenvalue weighted by molar-refractivity contribution is 0.0976. The Labute approximate surface area is 104 Å². The van der Waals surface area contributed by atoms with Crippen LogP contribution in [-0.4, -0.2) is 57.4 Å². The minimum absolute atomic E-state index is 0.0940. The van der Waals surface area contributed by atoms with E-state index < -0.39 is 10.0 Å². The van der Waals surface area contributed by atoms with E-state index >= 15 is 0 Å². The number of likely N-dealkylation sites (N-methyl/N-ethyl adjacent to an activating group) is 1. The van der Waals surface area contributed by atoms with Crippen LogP contribution in [0.25, 0.3) is 0 Å². The number of piperidine rings is 1. The number of hydrogen-bond acceptors (Lipinski definition) is 4. The summed E-state index contributed by atoms with van der Waals surface area (Å²) in [6.45, 7) is 2.88. The maximum atomic E-state index is 12.3. The van der Waals surface area contributed by atoms with E-state index in [2.05, 4.69) is 5.32 Å². The van der Waals surface area contributed by atoms with Gasteiger partial charge >= 0.3 is 0 Å². The summed E-state index contributed by atoms with van der Waals surface area (Å²) in [5.41, 5.74) is 0. The van der Waals surface area contributed by atoms with Crippen LogP contribution >= 0.6 is 0 Å². The summed E-state index contributed by atoms with van der Waals surface area (Å²) in [7, 11) is -1.46. The van der Waals surface area contributed by atoms with Crippen molar-refractivity contribution in [1.29, 1.82) is 0 Å². The molecule has 2 aliphatic rings.